The predicted molar refractivity (Wildman–Crippen MR) is 61.5 cm³/mol. The van der Waals surface area contributed by atoms with Crippen LogP contribution in [0, 0.1) is 21.4 Å². The molecule has 0 bridgehead atoms. The normalized spacial score (nSPS) is 9.47. The Labute approximate surface area is 105 Å². The summed E-state index contributed by atoms with van der Waals surface area (Å²) in [7, 11) is 1.17. The van der Waals surface area contributed by atoms with Crippen molar-refractivity contribution in [2.24, 2.45) is 0 Å². The number of ether oxygens (including phenoxy) is 1. The van der Waals surface area contributed by atoms with Gasteiger partial charge < -0.3 is 4.74 Å². The topological polar surface area (TPSA) is 93.2 Å². The van der Waals surface area contributed by atoms with Crippen LogP contribution >= 0.6 is 15.9 Å². The number of hydrogen-bond acceptors (Lipinski definition) is 5. The molecule has 0 saturated carbocycles. The van der Waals surface area contributed by atoms with Crippen LogP contribution in [0.5, 0.6) is 0 Å². The van der Waals surface area contributed by atoms with Crippen molar-refractivity contribution in [3.63, 3.8) is 0 Å². The van der Waals surface area contributed by atoms with Gasteiger partial charge in [-0.3, -0.25) is 10.1 Å². The smallest absolute Gasteiger partial charge is 0.338 e. The molecule has 0 fully saturated rings. The fraction of sp³-hybridized carbons (Fsp3) is 0.200. The van der Waals surface area contributed by atoms with Crippen molar-refractivity contribution in [1.82, 2.24) is 0 Å². The Hall–Kier alpha value is -1.94. The van der Waals surface area contributed by atoms with Crippen LogP contribution in [0.1, 0.15) is 15.9 Å². The summed E-state index contributed by atoms with van der Waals surface area (Å²) in [5.74, 6) is -0.709. The van der Waals surface area contributed by atoms with Crippen molar-refractivity contribution in [3.05, 3.63) is 37.8 Å². The number of nitriles is 1. The second-order valence-electron chi connectivity index (χ2n) is 3.03. The highest BCUT2D eigenvalue weighted by atomic mass is 79.9. The van der Waals surface area contributed by atoms with Gasteiger partial charge in [0.2, 0.25) is 0 Å². The number of halogens is 1. The molecule has 7 heteroatoms. The minimum absolute atomic E-state index is 0.0233. The molecular formula is C10H7BrN2O4. The molecule has 0 aliphatic heterocycles. The number of hydrogen-bond donors (Lipinski definition) is 0. The molecule has 0 N–H and O–H groups in total. The van der Waals surface area contributed by atoms with Gasteiger partial charge in [0.15, 0.2) is 0 Å². The first-order valence-corrected chi connectivity index (χ1v) is 5.22. The third-order valence-electron chi connectivity index (χ3n) is 2.05. The van der Waals surface area contributed by atoms with Crippen LogP contribution in [-0.4, -0.2) is 18.0 Å². The predicted octanol–water partition coefficient (Wildman–Crippen LogP) is 2.21. The van der Waals surface area contributed by atoms with E-state index in [1.54, 1.807) is 6.07 Å². The van der Waals surface area contributed by atoms with Crippen LogP contribution in [0.4, 0.5) is 5.69 Å². The van der Waals surface area contributed by atoms with Crippen LogP contribution in [-0.2, 0) is 11.2 Å². The summed E-state index contributed by atoms with van der Waals surface area (Å²) in [5.41, 5.74) is -0.191. The van der Waals surface area contributed by atoms with Crippen molar-refractivity contribution in [2.75, 3.05) is 7.11 Å². The molecule has 88 valence electrons. The number of benzene rings is 1. The molecular weight excluding hydrogens is 292 g/mol. The second-order valence-corrected chi connectivity index (χ2v) is 3.95. The Morgan fingerprint density at radius 1 is 1.65 bits per heavy atom. The lowest BCUT2D eigenvalue weighted by Crippen LogP contribution is -2.08. The molecule has 0 spiro atoms. The number of nitrogens with zero attached hydrogens (tertiary/aromatic N) is 2. The second kappa shape index (κ2) is 5.41. The molecule has 0 aliphatic carbocycles. The summed E-state index contributed by atoms with van der Waals surface area (Å²) < 4.78 is 4.90. The van der Waals surface area contributed by atoms with Crippen LogP contribution in [0.15, 0.2) is 16.6 Å². The zero-order valence-electron chi connectivity index (χ0n) is 8.77. The highest BCUT2D eigenvalue weighted by Crippen LogP contribution is 2.28. The van der Waals surface area contributed by atoms with Crippen molar-refractivity contribution >= 4 is 27.6 Å². The average Bonchev–Trinajstić information content (AvgIpc) is 2.29. The molecule has 0 radical (unpaired) electrons. The summed E-state index contributed by atoms with van der Waals surface area (Å²) in [5, 5.41) is 19.5. The maximum absolute atomic E-state index is 11.5. The fourth-order valence-electron chi connectivity index (χ4n) is 1.34. The molecule has 0 saturated heterocycles. The zero-order valence-corrected chi connectivity index (χ0v) is 10.4. The van der Waals surface area contributed by atoms with Gasteiger partial charge in [0.1, 0.15) is 0 Å². The molecule has 0 unspecified atom stereocenters. The van der Waals surface area contributed by atoms with E-state index >= 15 is 0 Å². The molecule has 1 rings (SSSR count). The molecule has 1 aromatic carbocycles. The lowest BCUT2D eigenvalue weighted by Gasteiger charge is -2.06. The van der Waals surface area contributed by atoms with Gasteiger partial charge in [0.25, 0.3) is 5.69 Å². The summed E-state index contributed by atoms with van der Waals surface area (Å²) in [6.07, 6.45) is -0.228. The Morgan fingerprint density at radius 3 is 2.76 bits per heavy atom. The number of nitro groups is 1. The van der Waals surface area contributed by atoms with Crippen molar-refractivity contribution in [1.29, 1.82) is 5.26 Å². The SMILES string of the molecule is COC(=O)c1cc(Br)cc([N+](=O)[O-])c1CC#N. The first-order chi connectivity index (χ1) is 8.01. The largest absolute Gasteiger partial charge is 0.465 e. The first-order valence-electron chi connectivity index (χ1n) is 4.43. The van der Waals surface area contributed by atoms with E-state index in [1.807, 2.05) is 0 Å². The molecule has 0 aliphatic rings. The van der Waals surface area contributed by atoms with E-state index in [9.17, 15) is 14.9 Å². The highest BCUT2D eigenvalue weighted by molar-refractivity contribution is 9.10. The monoisotopic (exact) mass is 298 g/mol. The average molecular weight is 299 g/mol. The Balaban J connectivity index is 3.52. The third kappa shape index (κ3) is 2.79. The van der Waals surface area contributed by atoms with E-state index in [1.165, 1.54) is 19.2 Å². The van der Waals surface area contributed by atoms with E-state index in [-0.39, 0.29) is 23.2 Å². The number of methoxy groups -OCH3 is 1. The van der Waals surface area contributed by atoms with E-state index in [4.69, 9.17) is 5.26 Å². The van der Waals surface area contributed by atoms with Crippen LogP contribution in [0.2, 0.25) is 0 Å². The third-order valence-corrected chi connectivity index (χ3v) is 2.51. The fourth-order valence-corrected chi connectivity index (χ4v) is 1.79. The summed E-state index contributed by atoms with van der Waals surface area (Å²) >= 11 is 3.07. The van der Waals surface area contributed by atoms with Crippen molar-refractivity contribution in [3.8, 4) is 6.07 Å². The quantitative estimate of drug-likeness (QED) is 0.484. The Bertz CT molecular complexity index is 522. The maximum Gasteiger partial charge on any atom is 0.338 e. The zero-order chi connectivity index (χ0) is 13.0. The van der Waals surface area contributed by atoms with E-state index < -0.39 is 10.9 Å². The van der Waals surface area contributed by atoms with Gasteiger partial charge in [-0.15, -0.1) is 0 Å². The number of carbonyl (C=O) groups excluding carboxylic acids is 1. The van der Waals surface area contributed by atoms with Gasteiger partial charge in [-0.1, -0.05) is 15.9 Å². The molecule has 17 heavy (non-hydrogen) atoms. The van der Waals surface area contributed by atoms with Crippen LogP contribution in [0.3, 0.4) is 0 Å². The summed E-state index contributed by atoms with van der Waals surface area (Å²) in [6.45, 7) is 0. The van der Waals surface area contributed by atoms with E-state index in [0.29, 0.717) is 4.47 Å². The lowest BCUT2D eigenvalue weighted by molar-refractivity contribution is -0.385. The molecule has 0 heterocycles. The van der Waals surface area contributed by atoms with Gasteiger partial charge in [-0.2, -0.15) is 5.26 Å². The van der Waals surface area contributed by atoms with Crippen molar-refractivity contribution in [2.45, 2.75) is 6.42 Å². The number of nitro benzene ring substituents is 1. The van der Waals surface area contributed by atoms with Crippen LogP contribution in [0.25, 0.3) is 0 Å². The molecule has 0 aromatic heterocycles. The molecule has 1 aromatic rings. The van der Waals surface area contributed by atoms with Gasteiger partial charge in [0.05, 0.1) is 35.7 Å². The molecule has 6 nitrogen and oxygen atoms in total. The Kier molecular flexibility index (Phi) is 4.17. The maximum atomic E-state index is 11.5. The van der Waals surface area contributed by atoms with E-state index in [2.05, 4.69) is 20.7 Å². The van der Waals surface area contributed by atoms with Gasteiger partial charge in [-0.05, 0) is 6.07 Å². The number of rotatable bonds is 3. The van der Waals surface area contributed by atoms with Gasteiger partial charge in [0, 0.05) is 10.5 Å². The molecule has 0 atom stereocenters. The summed E-state index contributed by atoms with van der Waals surface area (Å²) in [6, 6.07) is 4.43. The number of esters is 1. The van der Waals surface area contributed by atoms with E-state index in [0.717, 1.165) is 0 Å². The van der Waals surface area contributed by atoms with Crippen molar-refractivity contribution < 1.29 is 14.5 Å². The lowest BCUT2D eigenvalue weighted by atomic mass is 10.0. The minimum Gasteiger partial charge on any atom is -0.465 e. The first kappa shape index (κ1) is 13.1. The standard InChI is InChI=1S/C10H7BrN2O4/c1-17-10(14)8-4-6(11)5-9(13(15)16)7(8)2-3-12/h4-5H,2H2,1H3. The number of carbonyl (C=O) groups is 1. The Morgan fingerprint density at radius 2 is 2.29 bits per heavy atom. The molecule has 0 amide bonds. The van der Waals surface area contributed by atoms with Gasteiger partial charge >= 0.3 is 5.97 Å². The van der Waals surface area contributed by atoms with Gasteiger partial charge in [-0.25, -0.2) is 4.79 Å². The highest BCUT2D eigenvalue weighted by Gasteiger charge is 2.23. The summed E-state index contributed by atoms with van der Waals surface area (Å²) in [4.78, 5) is 21.7. The minimum atomic E-state index is -0.709. The van der Waals surface area contributed by atoms with Crippen LogP contribution < -0.4 is 0 Å².